The van der Waals surface area contributed by atoms with Crippen LogP contribution in [0.2, 0.25) is 0 Å². The Labute approximate surface area is 173 Å². The molecule has 1 aliphatic heterocycles. The number of rotatable bonds is 3. The maximum Gasteiger partial charge on any atom is 0.394 e. The van der Waals surface area contributed by atoms with E-state index in [4.69, 9.17) is 67.5 Å². The average Bonchev–Trinajstić information content (AvgIpc) is 2.55. The van der Waals surface area contributed by atoms with Crippen LogP contribution in [0.15, 0.2) is 0 Å². The van der Waals surface area contributed by atoms with E-state index in [1.54, 1.807) is 0 Å². The van der Waals surface area contributed by atoms with Crippen molar-refractivity contribution in [2.45, 2.75) is 68.1 Å². The Morgan fingerprint density at radius 3 is 1.73 bits per heavy atom. The van der Waals surface area contributed by atoms with Gasteiger partial charge in [0, 0.05) is 18.6 Å². The van der Waals surface area contributed by atoms with Crippen LogP contribution in [0.5, 0.6) is 0 Å². The van der Waals surface area contributed by atoms with E-state index in [0.29, 0.717) is 13.0 Å². The number of hydrogen-bond donors (Lipinski definition) is 10. The lowest BCUT2D eigenvalue weighted by molar-refractivity contribution is -0.251. The molecule has 0 unspecified atom stereocenters. The number of nitrogens with two attached hydrogens (primary N) is 4. The Kier molecular flexibility index (Phi) is 12.2. The van der Waals surface area contributed by atoms with Gasteiger partial charge < -0.3 is 42.6 Å². The molecule has 182 valence electrons. The Morgan fingerprint density at radius 2 is 1.30 bits per heavy atom. The van der Waals surface area contributed by atoms with Gasteiger partial charge in [-0.15, -0.1) is 0 Å². The Morgan fingerprint density at radius 1 is 0.833 bits per heavy atom. The van der Waals surface area contributed by atoms with E-state index in [1.807, 2.05) is 0 Å². The van der Waals surface area contributed by atoms with Gasteiger partial charge in [-0.25, -0.2) is 0 Å². The predicted octanol–water partition coefficient (Wildman–Crippen LogP) is -4.36. The first kappa shape index (κ1) is 29.4. The maximum atomic E-state index is 10.1. The second-order valence-corrected chi connectivity index (χ2v) is 8.44. The van der Waals surface area contributed by atoms with E-state index in [1.165, 1.54) is 0 Å². The summed E-state index contributed by atoms with van der Waals surface area (Å²) in [5.74, 6) is 0. The minimum absolute atomic E-state index is 0.107. The molecule has 1 heterocycles. The Bertz CT molecular complexity index is 662. The summed E-state index contributed by atoms with van der Waals surface area (Å²) in [7, 11) is -9.33. The van der Waals surface area contributed by atoms with Gasteiger partial charge in [-0.2, -0.15) is 16.8 Å². The van der Waals surface area contributed by atoms with Gasteiger partial charge in [0.25, 0.3) is 0 Å². The molecule has 0 aromatic rings. The van der Waals surface area contributed by atoms with Gasteiger partial charge in [0.1, 0.15) is 12.2 Å². The van der Waals surface area contributed by atoms with Crippen molar-refractivity contribution in [3.8, 4) is 0 Å². The third kappa shape index (κ3) is 13.0. The lowest BCUT2D eigenvalue weighted by atomic mass is 9.84. The number of aliphatic hydroxyl groups excluding tert-OH is 2. The third-order valence-electron chi connectivity index (χ3n) is 4.14. The van der Waals surface area contributed by atoms with Crippen molar-refractivity contribution in [2.24, 2.45) is 22.9 Å². The summed E-state index contributed by atoms with van der Waals surface area (Å²) >= 11 is 0. The lowest BCUT2D eigenvalue weighted by Crippen LogP contribution is -2.64. The summed E-state index contributed by atoms with van der Waals surface area (Å²) in [6, 6.07) is -1.33. The number of ether oxygens (including phenoxy) is 2. The molecule has 0 radical (unpaired) electrons. The molecule has 0 bridgehead atoms. The largest absolute Gasteiger partial charge is 0.394 e. The van der Waals surface area contributed by atoms with Crippen LogP contribution in [-0.2, 0) is 30.3 Å². The molecule has 8 atom stereocenters. The molecule has 2 rings (SSSR count). The number of hydrogen-bond acceptors (Lipinski definition) is 12. The fourth-order valence-corrected chi connectivity index (χ4v) is 2.80. The lowest BCUT2D eigenvalue weighted by Gasteiger charge is -2.43. The van der Waals surface area contributed by atoms with Gasteiger partial charge in [0.15, 0.2) is 6.29 Å². The van der Waals surface area contributed by atoms with Crippen molar-refractivity contribution in [1.29, 1.82) is 0 Å². The normalized spacial score (nSPS) is 37.3. The van der Waals surface area contributed by atoms with Gasteiger partial charge in [0.2, 0.25) is 0 Å². The molecule has 1 aliphatic carbocycles. The highest BCUT2D eigenvalue weighted by Crippen LogP contribution is 2.26. The summed E-state index contributed by atoms with van der Waals surface area (Å²) in [5, 5.41) is 19.9. The van der Waals surface area contributed by atoms with Crippen LogP contribution in [0.1, 0.15) is 19.3 Å². The van der Waals surface area contributed by atoms with E-state index >= 15 is 0 Å². The molecule has 1 saturated heterocycles. The van der Waals surface area contributed by atoms with E-state index in [0.717, 1.165) is 12.8 Å². The molecular formula is C12H30N4O12S2. The monoisotopic (exact) mass is 486 g/mol. The van der Waals surface area contributed by atoms with E-state index < -0.39 is 57.5 Å². The smallest absolute Gasteiger partial charge is 0.389 e. The van der Waals surface area contributed by atoms with Crippen LogP contribution in [0.3, 0.4) is 0 Å². The van der Waals surface area contributed by atoms with Gasteiger partial charge in [0.05, 0.1) is 18.2 Å². The van der Waals surface area contributed by atoms with E-state index in [2.05, 4.69) is 0 Å². The fourth-order valence-electron chi connectivity index (χ4n) is 2.80. The molecule has 0 aromatic heterocycles. The van der Waals surface area contributed by atoms with Crippen molar-refractivity contribution in [3.63, 3.8) is 0 Å². The summed E-state index contributed by atoms with van der Waals surface area (Å²) in [6.45, 7) is 0.388. The standard InChI is InChI=1S/C12H26N4O4.2H2O4S/c13-4-5-1-2-6(14)12(19-5)20-11-8(16)3-7(15)9(17)10(11)18;2*1-5(2,3)4/h5-12,17-18H,1-4,13-16H2;2*(H2,1,2,3,4)/t5-,6+,7+,8-,9-,10+,11+,12+;;/m0../s1. The topological polar surface area (TPSA) is 312 Å². The molecule has 1 saturated carbocycles. The van der Waals surface area contributed by atoms with Crippen molar-refractivity contribution in [1.82, 2.24) is 0 Å². The molecule has 18 heteroatoms. The molecule has 0 amide bonds. The molecule has 0 spiro atoms. The van der Waals surface area contributed by atoms with Gasteiger partial charge in [-0.3, -0.25) is 18.2 Å². The van der Waals surface area contributed by atoms with Crippen molar-refractivity contribution < 1.29 is 54.7 Å². The molecule has 2 fully saturated rings. The minimum Gasteiger partial charge on any atom is -0.389 e. The molecule has 30 heavy (non-hydrogen) atoms. The first-order valence-electron chi connectivity index (χ1n) is 8.47. The number of aliphatic hydroxyl groups is 2. The van der Waals surface area contributed by atoms with E-state index in [-0.39, 0.29) is 12.1 Å². The zero-order valence-electron chi connectivity index (χ0n) is 15.7. The SMILES string of the molecule is NC[C@@H]1CC[C@@H](N)[C@@H](O[C@H]2[C@H](O)[C@@H](O)[C@H](N)C[C@@H]2N)O1.O=S(=O)(O)O.O=S(=O)(O)O. The van der Waals surface area contributed by atoms with E-state index in [9.17, 15) is 10.2 Å². The first-order valence-corrected chi connectivity index (χ1v) is 11.3. The van der Waals surface area contributed by atoms with Gasteiger partial charge in [-0.05, 0) is 19.3 Å². The van der Waals surface area contributed by atoms with Crippen LogP contribution in [0.4, 0.5) is 0 Å². The molecular weight excluding hydrogens is 456 g/mol. The predicted molar refractivity (Wildman–Crippen MR) is 101 cm³/mol. The quantitative estimate of drug-likeness (QED) is 0.168. The second-order valence-electron chi connectivity index (χ2n) is 6.64. The van der Waals surface area contributed by atoms with Crippen molar-refractivity contribution in [2.75, 3.05) is 6.54 Å². The summed E-state index contributed by atoms with van der Waals surface area (Å²) in [4.78, 5) is 0. The Hall–Kier alpha value is -0.580. The molecule has 14 N–H and O–H groups in total. The van der Waals surface area contributed by atoms with Crippen molar-refractivity contribution in [3.05, 3.63) is 0 Å². The van der Waals surface area contributed by atoms with Gasteiger partial charge in [-0.1, -0.05) is 0 Å². The Balaban J connectivity index is 0.000000702. The first-order chi connectivity index (χ1) is 13.4. The highest BCUT2D eigenvalue weighted by molar-refractivity contribution is 7.80. The maximum absolute atomic E-state index is 10.1. The highest BCUT2D eigenvalue weighted by atomic mass is 32.3. The summed E-state index contributed by atoms with van der Waals surface area (Å²) in [5.41, 5.74) is 23.2. The fraction of sp³-hybridized carbons (Fsp3) is 1.00. The average molecular weight is 487 g/mol. The van der Waals surface area contributed by atoms with Crippen LogP contribution >= 0.6 is 0 Å². The molecule has 16 nitrogen and oxygen atoms in total. The van der Waals surface area contributed by atoms with Crippen LogP contribution in [0.25, 0.3) is 0 Å². The molecule has 2 aliphatic rings. The zero-order valence-corrected chi connectivity index (χ0v) is 17.3. The van der Waals surface area contributed by atoms with Crippen LogP contribution < -0.4 is 22.9 Å². The third-order valence-corrected chi connectivity index (χ3v) is 4.14. The summed E-state index contributed by atoms with van der Waals surface area (Å²) < 4.78 is 74.6. The van der Waals surface area contributed by atoms with Crippen LogP contribution in [0, 0.1) is 0 Å². The van der Waals surface area contributed by atoms with Crippen LogP contribution in [-0.4, -0.2) is 101 Å². The van der Waals surface area contributed by atoms with Crippen molar-refractivity contribution >= 4 is 20.8 Å². The minimum atomic E-state index is -4.67. The zero-order chi connectivity index (χ0) is 23.9. The summed E-state index contributed by atoms with van der Waals surface area (Å²) in [6.07, 6.45) is -1.87. The van der Waals surface area contributed by atoms with Gasteiger partial charge >= 0.3 is 20.8 Å². The highest BCUT2D eigenvalue weighted by Gasteiger charge is 2.44. The second kappa shape index (κ2) is 12.5. The molecule has 0 aromatic carbocycles.